The van der Waals surface area contributed by atoms with E-state index >= 15 is 0 Å². The van der Waals surface area contributed by atoms with E-state index in [-0.39, 0.29) is 5.28 Å². The summed E-state index contributed by atoms with van der Waals surface area (Å²) in [5.74, 6) is 3.20. The van der Waals surface area contributed by atoms with E-state index in [0.29, 0.717) is 12.4 Å². The molecular formula is C10H8ClN3S. The third-order valence-corrected chi connectivity index (χ3v) is 2.96. The van der Waals surface area contributed by atoms with Crippen molar-refractivity contribution in [2.24, 2.45) is 0 Å². The number of terminal acetylenes is 1. The summed E-state index contributed by atoms with van der Waals surface area (Å²) in [7, 11) is 0. The Kier molecular flexibility index (Phi) is 2.76. The molecule has 0 amide bonds. The largest absolute Gasteiger partial charge is 0.358 e. The van der Waals surface area contributed by atoms with Crippen molar-refractivity contribution in [2.75, 3.05) is 11.9 Å². The van der Waals surface area contributed by atoms with Gasteiger partial charge in [-0.2, -0.15) is 0 Å². The van der Waals surface area contributed by atoms with E-state index in [9.17, 15) is 0 Å². The lowest BCUT2D eigenvalue weighted by Crippen LogP contribution is -2.01. The summed E-state index contributed by atoms with van der Waals surface area (Å²) in [6.45, 7) is 2.45. The fraction of sp³-hybridized carbons (Fsp3) is 0.200. The van der Waals surface area contributed by atoms with Crippen molar-refractivity contribution in [3.8, 4) is 12.3 Å². The van der Waals surface area contributed by atoms with Crippen LogP contribution in [0.5, 0.6) is 0 Å². The van der Waals surface area contributed by atoms with Crippen LogP contribution in [0.15, 0.2) is 6.07 Å². The summed E-state index contributed by atoms with van der Waals surface area (Å²) in [5.41, 5.74) is 0. The van der Waals surface area contributed by atoms with Gasteiger partial charge in [-0.1, -0.05) is 5.92 Å². The lowest BCUT2D eigenvalue weighted by molar-refractivity contribution is 1.20. The van der Waals surface area contributed by atoms with Crippen LogP contribution in [-0.2, 0) is 0 Å². The molecule has 3 nitrogen and oxygen atoms in total. The van der Waals surface area contributed by atoms with E-state index in [4.69, 9.17) is 18.0 Å². The van der Waals surface area contributed by atoms with Crippen LogP contribution in [0.2, 0.25) is 5.28 Å². The Morgan fingerprint density at radius 3 is 3.13 bits per heavy atom. The minimum Gasteiger partial charge on any atom is -0.358 e. The molecule has 2 aromatic rings. The molecule has 0 radical (unpaired) electrons. The number of anilines is 1. The van der Waals surface area contributed by atoms with Crippen molar-refractivity contribution in [1.29, 1.82) is 0 Å². The summed E-state index contributed by atoms with van der Waals surface area (Å²) >= 11 is 7.39. The van der Waals surface area contributed by atoms with Crippen molar-refractivity contribution in [3.63, 3.8) is 0 Å². The minimum absolute atomic E-state index is 0.240. The van der Waals surface area contributed by atoms with Gasteiger partial charge in [0.1, 0.15) is 10.6 Å². The van der Waals surface area contributed by atoms with Crippen LogP contribution in [0.25, 0.3) is 10.2 Å². The van der Waals surface area contributed by atoms with Crippen molar-refractivity contribution < 1.29 is 0 Å². The molecule has 5 heteroatoms. The predicted molar refractivity (Wildman–Crippen MR) is 64.5 cm³/mol. The summed E-state index contributed by atoms with van der Waals surface area (Å²) in [6.07, 6.45) is 5.18. The second-order valence-electron chi connectivity index (χ2n) is 2.97. The van der Waals surface area contributed by atoms with Crippen molar-refractivity contribution in [3.05, 3.63) is 16.2 Å². The molecule has 0 bridgehead atoms. The van der Waals surface area contributed by atoms with E-state index in [1.54, 1.807) is 11.3 Å². The van der Waals surface area contributed by atoms with E-state index in [1.807, 2.05) is 13.0 Å². The van der Waals surface area contributed by atoms with Gasteiger partial charge in [-0.3, -0.25) is 0 Å². The molecule has 0 atom stereocenters. The fourth-order valence-electron chi connectivity index (χ4n) is 1.29. The number of rotatable bonds is 2. The molecule has 15 heavy (non-hydrogen) atoms. The molecular weight excluding hydrogens is 230 g/mol. The monoisotopic (exact) mass is 237 g/mol. The lowest BCUT2D eigenvalue weighted by atomic mass is 10.3. The zero-order valence-corrected chi connectivity index (χ0v) is 9.61. The predicted octanol–water partition coefficient (Wildman–Crippen LogP) is 2.70. The minimum atomic E-state index is 0.240. The van der Waals surface area contributed by atoms with E-state index < -0.39 is 0 Å². The first-order valence-corrected chi connectivity index (χ1v) is 5.51. The molecule has 2 heterocycles. The van der Waals surface area contributed by atoms with Gasteiger partial charge >= 0.3 is 0 Å². The Bertz CT molecular complexity index is 541. The highest BCUT2D eigenvalue weighted by Gasteiger charge is 2.08. The van der Waals surface area contributed by atoms with Crippen molar-refractivity contribution in [1.82, 2.24) is 9.97 Å². The number of fused-ring (bicyclic) bond motifs is 1. The summed E-state index contributed by atoms with van der Waals surface area (Å²) in [5, 5.41) is 4.24. The van der Waals surface area contributed by atoms with Crippen molar-refractivity contribution in [2.45, 2.75) is 6.92 Å². The highest BCUT2D eigenvalue weighted by molar-refractivity contribution is 7.18. The number of thiophene rings is 1. The van der Waals surface area contributed by atoms with Gasteiger partial charge in [0.15, 0.2) is 0 Å². The summed E-state index contributed by atoms with van der Waals surface area (Å²) < 4.78 is 0. The maximum absolute atomic E-state index is 5.80. The van der Waals surface area contributed by atoms with E-state index in [0.717, 1.165) is 10.2 Å². The summed E-state index contributed by atoms with van der Waals surface area (Å²) in [6, 6.07) is 2.02. The number of halogens is 1. The fourth-order valence-corrected chi connectivity index (χ4v) is 2.38. The van der Waals surface area contributed by atoms with Gasteiger partial charge in [0.2, 0.25) is 5.28 Å². The van der Waals surface area contributed by atoms with Gasteiger partial charge in [0, 0.05) is 4.88 Å². The standard InChI is InChI=1S/C10H8ClN3S/c1-3-4-12-8-7-5-6(2)15-9(7)14-10(11)13-8/h1,5H,4H2,2H3,(H,12,13,14). The van der Waals surface area contributed by atoms with Gasteiger partial charge in [-0.25, -0.2) is 9.97 Å². The van der Waals surface area contributed by atoms with Gasteiger partial charge in [0.25, 0.3) is 0 Å². The van der Waals surface area contributed by atoms with Gasteiger partial charge < -0.3 is 5.32 Å². The zero-order chi connectivity index (χ0) is 10.8. The first-order chi connectivity index (χ1) is 7.20. The van der Waals surface area contributed by atoms with Crippen LogP contribution >= 0.6 is 22.9 Å². The van der Waals surface area contributed by atoms with Crippen LogP contribution in [-0.4, -0.2) is 16.5 Å². The molecule has 0 saturated carbocycles. The van der Waals surface area contributed by atoms with Gasteiger partial charge in [-0.05, 0) is 24.6 Å². The highest BCUT2D eigenvalue weighted by Crippen LogP contribution is 2.29. The first-order valence-electron chi connectivity index (χ1n) is 4.31. The number of hydrogen-bond acceptors (Lipinski definition) is 4. The average molecular weight is 238 g/mol. The van der Waals surface area contributed by atoms with E-state index in [1.165, 1.54) is 4.88 Å². The summed E-state index contributed by atoms with van der Waals surface area (Å²) in [4.78, 5) is 10.3. The Balaban J connectivity index is 2.56. The smallest absolute Gasteiger partial charge is 0.225 e. The normalized spacial score (nSPS) is 10.2. The van der Waals surface area contributed by atoms with Crippen LogP contribution in [0.4, 0.5) is 5.82 Å². The highest BCUT2D eigenvalue weighted by atomic mass is 35.5. The Morgan fingerprint density at radius 2 is 2.40 bits per heavy atom. The maximum atomic E-state index is 5.80. The first kappa shape index (κ1) is 10.2. The molecule has 0 saturated heterocycles. The second kappa shape index (κ2) is 4.05. The Morgan fingerprint density at radius 1 is 1.60 bits per heavy atom. The second-order valence-corrected chi connectivity index (χ2v) is 4.55. The Labute approximate surface area is 96.5 Å². The average Bonchev–Trinajstić information content (AvgIpc) is 2.54. The molecule has 0 aliphatic carbocycles. The number of aromatic nitrogens is 2. The maximum Gasteiger partial charge on any atom is 0.225 e. The Hall–Kier alpha value is -1.31. The van der Waals surface area contributed by atoms with Crippen LogP contribution in [0, 0.1) is 19.3 Å². The zero-order valence-electron chi connectivity index (χ0n) is 8.04. The number of nitrogens with one attached hydrogen (secondary N) is 1. The lowest BCUT2D eigenvalue weighted by Gasteiger charge is -2.02. The number of hydrogen-bond donors (Lipinski definition) is 1. The van der Waals surface area contributed by atoms with Crippen LogP contribution < -0.4 is 5.32 Å². The van der Waals surface area contributed by atoms with Gasteiger partial charge in [0.05, 0.1) is 11.9 Å². The third-order valence-electron chi connectivity index (χ3n) is 1.85. The molecule has 1 N–H and O–H groups in total. The molecule has 0 aliphatic heterocycles. The molecule has 0 aromatic carbocycles. The molecule has 76 valence electrons. The van der Waals surface area contributed by atoms with Crippen molar-refractivity contribution >= 4 is 39.0 Å². The quantitative estimate of drug-likeness (QED) is 0.645. The molecule has 0 aliphatic rings. The number of nitrogens with zero attached hydrogens (tertiary/aromatic N) is 2. The van der Waals surface area contributed by atoms with Crippen LogP contribution in [0.3, 0.4) is 0 Å². The molecule has 0 spiro atoms. The van der Waals surface area contributed by atoms with E-state index in [2.05, 4.69) is 21.2 Å². The SMILES string of the molecule is C#CCNc1nc(Cl)nc2sc(C)cc12. The van der Waals surface area contributed by atoms with Crippen LogP contribution in [0.1, 0.15) is 4.88 Å². The number of aryl methyl sites for hydroxylation is 1. The molecule has 2 aromatic heterocycles. The molecule has 0 fully saturated rings. The molecule has 2 rings (SSSR count). The topological polar surface area (TPSA) is 37.8 Å². The van der Waals surface area contributed by atoms with Gasteiger partial charge in [-0.15, -0.1) is 17.8 Å². The molecule has 0 unspecified atom stereocenters. The third kappa shape index (κ3) is 2.04.